The molecule has 5 heteroatoms. The first-order valence-electron chi connectivity index (χ1n) is 7.16. The zero-order chi connectivity index (χ0) is 15.5. The maximum absolute atomic E-state index is 12.3. The predicted octanol–water partition coefficient (Wildman–Crippen LogP) is 4.58. The second-order valence-electron chi connectivity index (χ2n) is 5.32. The van der Waals surface area contributed by atoms with Crippen LogP contribution >= 0.6 is 27.3 Å². The molecule has 3 nitrogen and oxygen atoms in total. The number of carbonyl (C=O) groups is 1. The van der Waals surface area contributed by atoms with Crippen LogP contribution in [0.5, 0.6) is 0 Å². The minimum atomic E-state index is 0.176. The van der Waals surface area contributed by atoms with Gasteiger partial charge in [0.05, 0.1) is 10.3 Å². The third kappa shape index (κ3) is 3.42. The summed E-state index contributed by atoms with van der Waals surface area (Å²) in [5.41, 5.74) is 2.33. The van der Waals surface area contributed by atoms with Gasteiger partial charge in [-0.25, -0.2) is 0 Å². The summed E-state index contributed by atoms with van der Waals surface area (Å²) >= 11 is 5.12. The smallest absolute Gasteiger partial charge is 0.222 e. The summed E-state index contributed by atoms with van der Waals surface area (Å²) in [5.74, 6) is 0.176. The van der Waals surface area contributed by atoms with E-state index in [2.05, 4.69) is 39.1 Å². The molecule has 0 radical (unpaired) electrons. The van der Waals surface area contributed by atoms with Crippen LogP contribution in [0.15, 0.2) is 46.4 Å². The van der Waals surface area contributed by atoms with Crippen LogP contribution in [0.3, 0.4) is 0 Å². The third-order valence-corrected chi connectivity index (χ3v) is 5.34. The summed E-state index contributed by atoms with van der Waals surface area (Å²) in [6.07, 6.45) is 3.31. The Bertz CT molecular complexity index is 793. The molecule has 2 aromatic heterocycles. The maximum atomic E-state index is 12.3. The van der Waals surface area contributed by atoms with Gasteiger partial charge in [0.15, 0.2) is 0 Å². The molecule has 0 saturated carbocycles. The molecule has 0 aliphatic rings. The standard InChI is InChI=1S/C17H17BrN2OS/c1-20(11-13-7-8-16(18)22-13)17(21)9-6-12-10-19-15-5-3-2-4-14(12)15/h2-5,7-8,10,19H,6,9,11H2,1H3. The number of hydrogen-bond donors (Lipinski definition) is 1. The third-order valence-electron chi connectivity index (χ3n) is 3.73. The molecule has 0 saturated heterocycles. The lowest BCUT2D eigenvalue weighted by atomic mass is 10.1. The lowest BCUT2D eigenvalue weighted by Crippen LogP contribution is -2.25. The molecule has 2 heterocycles. The van der Waals surface area contributed by atoms with Crippen molar-refractivity contribution < 1.29 is 4.79 Å². The summed E-state index contributed by atoms with van der Waals surface area (Å²) in [6.45, 7) is 0.670. The first kappa shape index (κ1) is 15.3. The number of thiophene rings is 1. The molecule has 3 aromatic rings. The van der Waals surface area contributed by atoms with Crippen LogP contribution in [0.2, 0.25) is 0 Å². The molecule has 0 unspecified atom stereocenters. The van der Waals surface area contributed by atoms with E-state index in [4.69, 9.17) is 0 Å². The highest BCUT2D eigenvalue weighted by molar-refractivity contribution is 9.11. The van der Waals surface area contributed by atoms with Crippen LogP contribution < -0.4 is 0 Å². The SMILES string of the molecule is CN(Cc1ccc(Br)s1)C(=O)CCc1c[nH]c2ccccc12. The summed E-state index contributed by atoms with van der Waals surface area (Å²) < 4.78 is 1.10. The first-order chi connectivity index (χ1) is 10.6. The maximum Gasteiger partial charge on any atom is 0.222 e. The molecular weight excluding hydrogens is 360 g/mol. The van der Waals surface area contributed by atoms with Crippen LogP contribution in [0.1, 0.15) is 16.9 Å². The number of H-pyrrole nitrogens is 1. The number of aromatic amines is 1. The molecule has 1 aromatic carbocycles. The van der Waals surface area contributed by atoms with Crippen molar-refractivity contribution in [1.29, 1.82) is 0 Å². The number of carbonyl (C=O) groups excluding carboxylic acids is 1. The highest BCUT2D eigenvalue weighted by atomic mass is 79.9. The van der Waals surface area contributed by atoms with Crippen LogP contribution in [-0.2, 0) is 17.8 Å². The Morgan fingerprint density at radius 3 is 2.86 bits per heavy atom. The zero-order valence-electron chi connectivity index (χ0n) is 12.3. The molecule has 0 atom stereocenters. The van der Waals surface area contributed by atoms with Crippen molar-refractivity contribution in [2.24, 2.45) is 0 Å². The van der Waals surface area contributed by atoms with E-state index in [0.717, 1.165) is 15.7 Å². The van der Waals surface area contributed by atoms with Crippen molar-refractivity contribution in [3.63, 3.8) is 0 Å². The van der Waals surface area contributed by atoms with Gasteiger partial charge in [-0.15, -0.1) is 11.3 Å². The number of aryl methyl sites for hydroxylation is 1. The molecule has 0 aliphatic carbocycles. The van der Waals surface area contributed by atoms with Gasteiger partial charge in [-0.2, -0.15) is 0 Å². The van der Waals surface area contributed by atoms with E-state index < -0.39 is 0 Å². The Hall–Kier alpha value is -1.59. The van der Waals surface area contributed by atoms with E-state index >= 15 is 0 Å². The van der Waals surface area contributed by atoms with Gasteiger partial charge < -0.3 is 9.88 Å². The summed E-state index contributed by atoms with van der Waals surface area (Å²) in [5, 5.41) is 1.21. The summed E-state index contributed by atoms with van der Waals surface area (Å²) in [4.78, 5) is 18.5. The van der Waals surface area contributed by atoms with Gasteiger partial charge in [0.1, 0.15) is 0 Å². The van der Waals surface area contributed by atoms with Crippen molar-refractivity contribution in [3.05, 3.63) is 56.8 Å². The first-order valence-corrected chi connectivity index (χ1v) is 8.77. The summed E-state index contributed by atoms with van der Waals surface area (Å²) in [7, 11) is 1.87. The Kier molecular flexibility index (Phi) is 4.64. The van der Waals surface area contributed by atoms with Gasteiger partial charge in [0.25, 0.3) is 0 Å². The molecule has 22 heavy (non-hydrogen) atoms. The number of fused-ring (bicyclic) bond motifs is 1. The number of amides is 1. The molecule has 0 bridgehead atoms. The molecule has 1 N–H and O–H groups in total. The number of nitrogens with one attached hydrogen (secondary N) is 1. The second kappa shape index (κ2) is 6.67. The second-order valence-corrected chi connectivity index (χ2v) is 7.86. The van der Waals surface area contributed by atoms with Crippen LogP contribution in [0, 0.1) is 0 Å². The number of aromatic nitrogens is 1. The van der Waals surface area contributed by atoms with Gasteiger partial charge in [-0.1, -0.05) is 18.2 Å². The van der Waals surface area contributed by atoms with Crippen molar-refractivity contribution in [2.45, 2.75) is 19.4 Å². The van der Waals surface area contributed by atoms with Crippen LogP contribution in [0.25, 0.3) is 10.9 Å². The molecule has 1 amide bonds. The van der Waals surface area contributed by atoms with E-state index in [-0.39, 0.29) is 5.91 Å². The predicted molar refractivity (Wildman–Crippen MR) is 95.1 cm³/mol. The Morgan fingerprint density at radius 1 is 1.27 bits per heavy atom. The fourth-order valence-electron chi connectivity index (χ4n) is 2.53. The highest BCUT2D eigenvalue weighted by Crippen LogP contribution is 2.23. The van der Waals surface area contributed by atoms with E-state index in [1.807, 2.05) is 31.4 Å². The zero-order valence-corrected chi connectivity index (χ0v) is 14.7. The van der Waals surface area contributed by atoms with Gasteiger partial charge >= 0.3 is 0 Å². The minimum Gasteiger partial charge on any atom is -0.361 e. The molecule has 0 fully saturated rings. The van der Waals surface area contributed by atoms with Crippen molar-refractivity contribution >= 4 is 44.1 Å². The Labute approximate surface area is 142 Å². The highest BCUT2D eigenvalue weighted by Gasteiger charge is 2.12. The van der Waals surface area contributed by atoms with Gasteiger partial charge in [-0.3, -0.25) is 4.79 Å². The monoisotopic (exact) mass is 376 g/mol. The van der Waals surface area contributed by atoms with E-state index in [9.17, 15) is 4.79 Å². The topological polar surface area (TPSA) is 36.1 Å². The number of benzene rings is 1. The van der Waals surface area contributed by atoms with E-state index in [1.54, 1.807) is 16.2 Å². The average Bonchev–Trinajstić information content (AvgIpc) is 3.11. The lowest BCUT2D eigenvalue weighted by molar-refractivity contribution is -0.130. The molecule has 3 rings (SSSR count). The average molecular weight is 377 g/mol. The van der Waals surface area contributed by atoms with Crippen molar-refractivity contribution in [2.75, 3.05) is 7.05 Å². The van der Waals surface area contributed by atoms with Crippen molar-refractivity contribution in [1.82, 2.24) is 9.88 Å². The lowest BCUT2D eigenvalue weighted by Gasteiger charge is -2.16. The number of hydrogen-bond acceptors (Lipinski definition) is 2. The summed E-state index contributed by atoms with van der Waals surface area (Å²) in [6, 6.07) is 12.3. The number of rotatable bonds is 5. The van der Waals surface area contributed by atoms with Crippen LogP contribution in [-0.4, -0.2) is 22.8 Å². The Balaban J connectivity index is 1.59. The quantitative estimate of drug-likeness (QED) is 0.694. The van der Waals surface area contributed by atoms with Gasteiger partial charge in [-0.05, 0) is 46.1 Å². The number of nitrogens with zero attached hydrogens (tertiary/aromatic N) is 1. The Morgan fingerprint density at radius 2 is 2.09 bits per heavy atom. The number of halogens is 1. The molecule has 0 spiro atoms. The minimum absolute atomic E-state index is 0.176. The van der Waals surface area contributed by atoms with Crippen molar-refractivity contribution in [3.8, 4) is 0 Å². The fourth-order valence-corrected chi connectivity index (χ4v) is 4.07. The normalized spacial score (nSPS) is 11.0. The fraction of sp³-hybridized carbons (Fsp3) is 0.235. The van der Waals surface area contributed by atoms with Gasteiger partial charge in [0, 0.05) is 35.4 Å². The largest absolute Gasteiger partial charge is 0.361 e. The molecule has 114 valence electrons. The van der Waals surface area contributed by atoms with E-state index in [1.165, 1.54) is 15.8 Å². The molecule has 0 aliphatic heterocycles. The number of para-hydroxylation sites is 1. The van der Waals surface area contributed by atoms with E-state index in [0.29, 0.717) is 13.0 Å². The molecular formula is C17H17BrN2OS. The van der Waals surface area contributed by atoms with Crippen LogP contribution in [0.4, 0.5) is 0 Å². The van der Waals surface area contributed by atoms with Gasteiger partial charge in [0.2, 0.25) is 5.91 Å².